The molecule has 20 atom stereocenters. The lowest BCUT2D eigenvalue weighted by molar-refractivity contribution is -0.168. The Morgan fingerprint density at radius 3 is 1.33 bits per heavy atom. The van der Waals surface area contributed by atoms with Crippen molar-refractivity contribution in [3.05, 3.63) is 60.8 Å². The first-order chi connectivity index (χ1) is 43.5. The maximum Gasteiger partial charge on any atom is 0.309 e. The highest BCUT2D eigenvalue weighted by molar-refractivity contribution is 5.73. The van der Waals surface area contributed by atoms with Gasteiger partial charge in [0.2, 0.25) is 0 Å². The van der Waals surface area contributed by atoms with Crippen LogP contribution in [0.25, 0.3) is 0 Å². The number of fused-ring (bicyclic) bond motifs is 11. The molecule has 12 rings (SSSR count). The van der Waals surface area contributed by atoms with Gasteiger partial charge >= 0.3 is 29.8 Å². The highest BCUT2D eigenvalue weighted by Crippen LogP contribution is 2.65. The summed E-state index contributed by atoms with van der Waals surface area (Å²) >= 11 is 0. The third-order valence-electron chi connectivity index (χ3n) is 23.0. The van der Waals surface area contributed by atoms with E-state index in [9.17, 15) is 49.5 Å². The lowest BCUT2D eigenvalue weighted by atomic mass is 9.64. The van der Waals surface area contributed by atoms with Gasteiger partial charge in [-0.05, 0) is 302 Å². The predicted octanol–water partition coefficient (Wildman–Crippen LogP) is 14.5. The summed E-state index contributed by atoms with van der Waals surface area (Å²) in [5.74, 6) is 5.45. The van der Waals surface area contributed by atoms with Gasteiger partial charge in [-0.2, -0.15) is 0 Å². The second kappa shape index (κ2) is 29.7. The van der Waals surface area contributed by atoms with E-state index < -0.39 is 51.4 Å². The maximum atomic E-state index is 12.3. The van der Waals surface area contributed by atoms with Gasteiger partial charge in [0, 0.05) is 5.41 Å². The molecule has 0 aromatic rings. The van der Waals surface area contributed by atoms with Gasteiger partial charge in [0.05, 0.1) is 61.1 Å². The number of ether oxygens (including phenoxy) is 5. The van der Waals surface area contributed by atoms with Gasteiger partial charge < -0.3 is 49.2 Å². The van der Waals surface area contributed by atoms with Gasteiger partial charge in [0.25, 0.3) is 0 Å². The zero-order chi connectivity index (χ0) is 69.2. The molecule has 530 valence electrons. The minimum atomic E-state index is -0.952. The Bertz CT molecular complexity index is 2770. The molecule has 7 saturated carbocycles. The molecule has 12 aliphatic rings. The van der Waals surface area contributed by atoms with Crippen LogP contribution in [0.2, 0.25) is 0 Å². The maximum absolute atomic E-state index is 12.3. The molecular weight excluding hydrogens is 1190 g/mol. The van der Waals surface area contributed by atoms with E-state index in [1.807, 2.05) is 90.0 Å². The molecule has 0 aromatic carbocycles. The molecule has 10 bridgehead atoms. The molecule has 0 saturated heterocycles. The van der Waals surface area contributed by atoms with Crippen molar-refractivity contribution in [3.8, 4) is 0 Å². The van der Waals surface area contributed by atoms with Crippen molar-refractivity contribution in [1.29, 1.82) is 0 Å². The number of hydrogen-bond donors (Lipinski definition) is 5. The van der Waals surface area contributed by atoms with Crippen LogP contribution in [-0.4, -0.2) is 112 Å². The van der Waals surface area contributed by atoms with Crippen molar-refractivity contribution in [2.24, 2.45) is 88.3 Å². The van der Waals surface area contributed by atoms with E-state index in [1.165, 1.54) is 12.8 Å². The van der Waals surface area contributed by atoms with Gasteiger partial charge in [0.15, 0.2) is 0 Å². The molecule has 5 N–H and O–H groups in total. The fourth-order valence-electron chi connectivity index (χ4n) is 19.0. The fourth-order valence-corrected chi connectivity index (χ4v) is 19.0. The third-order valence-corrected chi connectivity index (χ3v) is 23.0. The minimum absolute atomic E-state index is 0.0661. The van der Waals surface area contributed by atoms with Gasteiger partial charge in [-0.25, -0.2) is 0 Å². The number of hydrogen-bond acceptors (Lipinski definition) is 15. The summed E-state index contributed by atoms with van der Waals surface area (Å²) in [7, 11) is 0. The molecule has 15 heteroatoms. The minimum Gasteiger partial charge on any atom is -0.460 e. The zero-order valence-electron chi connectivity index (χ0n) is 60.3. The average Bonchev–Trinajstić information content (AvgIpc) is 1.54. The van der Waals surface area contributed by atoms with Gasteiger partial charge in [-0.3, -0.25) is 24.0 Å². The van der Waals surface area contributed by atoms with Crippen LogP contribution >= 0.6 is 0 Å². The number of aliphatic hydroxyl groups excluding tert-OH is 2. The predicted molar refractivity (Wildman–Crippen MR) is 364 cm³/mol. The molecule has 0 amide bonds. The first kappa shape index (κ1) is 75.6. The Morgan fingerprint density at radius 1 is 0.468 bits per heavy atom. The van der Waals surface area contributed by atoms with Crippen LogP contribution < -0.4 is 0 Å². The molecule has 94 heavy (non-hydrogen) atoms. The molecule has 0 radical (unpaired) electrons. The van der Waals surface area contributed by atoms with E-state index in [2.05, 4.69) is 67.7 Å². The average molecular weight is 1310 g/mol. The standard InChI is InChI=1S/C18H28O3.C17H26O3.2C15H24O3.C14H22O3/c1-3-18(8-4-5-9-18)21-16(19)12-17(2,20)15-11-13-6-7-14(15)10-13;1-15(2,3)20-14(18)11-17(19)8-4-7-16(17)10-12-5-6-13(16)9-12;1-14(2,3)18-13(16)9-15(4,17)12-8-10-5-6-11(12)7-10;1-15(2,3)18-14(17)9-13(16)8-12-7-10-4-5-11(12)6-10;1-14(2,3)17-13(16)8-12(15)11-7-9-4-5-10(11)6-9/h6-7,13-15,20H,3-5,8-12H2,1-2H3;5-6,12-13,19H,4,7-11H2,1-3H3;5-6,10-12,17H,7-9H2,1-4H3;4-5,10-13,16H,6-9H2,1-3H3;4-5,9-12,15H,6-8H2,1-3H3. The highest BCUT2D eigenvalue weighted by atomic mass is 16.6. The second-order valence-electron chi connectivity index (χ2n) is 35.7. The SMILES string of the molecule is CC(C)(C)OC(=O)CC(C)(O)C1CC2C=CC1C2.CC(C)(C)OC(=O)CC(O)C1CC2C=CC1C2.CC(C)(C)OC(=O)CC(O)CC1CC2C=CC1C2.CC(C)(C)OC(=O)CC1(O)CCCC12CC1C=CC2C1.CCC1(OC(=O)CC(C)(O)C2CC3C=CC2C3)CCCC1. The van der Waals surface area contributed by atoms with E-state index in [4.69, 9.17) is 23.7 Å². The van der Waals surface area contributed by atoms with E-state index in [0.29, 0.717) is 65.1 Å². The fraction of sp³-hybridized carbons (Fsp3) is 0.810. The van der Waals surface area contributed by atoms with Crippen LogP contribution in [0, 0.1) is 88.3 Å². The molecule has 7 fully saturated rings. The lowest BCUT2D eigenvalue weighted by Gasteiger charge is -2.44. The monoisotopic (exact) mass is 1310 g/mol. The largest absolute Gasteiger partial charge is 0.460 e. The van der Waals surface area contributed by atoms with Crippen LogP contribution in [0.15, 0.2) is 60.8 Å². The number of esters is 5. The third kappa shape index (κ3) is 20.3. The number of carbonyl (C=O) groups is 5. The topological polar surface area (TPSA) is 233 Å². The van der Waals surface area contributed by atoms with Gasteiger partial charge in [0.1, 0.15) is 28.0 Å². The summed E-state index contributed by atoms with van der Waals surface area (Å²) < 4.78 is 27.0. The van der Waals surface area contributed by atoms with Crippen LogP contribution in [0.5, 0.6) is 0 Å². The van der Waals surface area contributed by atoms with Crippen LogP contribution in [0.3, 0.4) is 0 Å². The van der Waals surface area contributed by atoms with Crippen molar-refractivity contribution >= 4 is 29.8 Å². The summed E-state index contributed by atoms with van der Waals surface area (Å²) in [5, 5.41) is 52.7. The molecular formula is C79H124O15. The van der Waals surface area contributed by atoms with Crippen molar-refractivity contribution < 1.29 is 73.2 Å². The van der Waals surface area contributed by atoms with E-state index in [-0.39, 0.29) is 90.7 Å². The summed E-state index contributed by atoms with van der Waals surface area (Å²) in [6.45, 7) is 27.9. The molecule has 12 aliphatic carbocycles. The first-order valence-corrected chi connectivity index (χ1v) is 36.6. The van der Waals surface area contributed by atoms with Gasteiger partial charge in [-0.15, -0.1) is 0 Å². The summed E-state index contributed by atoms with van der Waals surface area (Å²) in [4.78, 5) is 59.6. The number of allylic oxidation sites excluding steroid dienone is 10. The number of aliphatic hydroxyl groups is 5. The van der Waals surface area contributed by atoms with Crippen molar-refractivity contribution in [2.45, 2.75) is 315 Å². The zero-order valence-corrected chi connectivity index (χ0v) is 60.3. The normalized spacial score (nSPS) is 35.5. The molecule has 15 nitrogen and oxygen atoms in total. The Kier molecular flexibility index (Phi) is 23.9. The molecule has 20 unspecified atom stereocenters. The van der Waals surface area contributed by atoms with Crippen molar-refractivity contribution in [2.75, 3.05) is 0 Å². The quantitative estimate of drug-likeness (QED) is 0.0518. The van der Waals surface area contributed by atoms with Gasteiger partial charge in [-0.1, -0.05) is 67.7 Å². The highest BCUT2D eigenvalue weighted by Gasteiger charge is 2.63. The molecule has 0 aliphatic heterocycles. The summed E-state index contributed by atoms with van der Waals surface area (Å²) in [6, 6.07) is 0. The second-order valence-corrected chi connectivity index (χ2v) is 35.7. The lowest BCUT2D eigenvalue weighted by Crippen LogP contribution is -2.48. The molecule has 1 spiro atoms. The smallest absolute Gasteiger partial charge is 0.309 e. The van der Waals surface area contributed by atoms with Crippen molar-refractivity contribution in [1.82, 2.24) is 0 Å². The number of rotatable bonds is 17. The van der Waals surface area contributed by atoms with E-state index >= 15 is 0 Å². The van der Waals surface area contributed by atoms with Crippen LogP contribution in [-0.2, 0) is 47.7 Å². The van der Waals surface area contributed by atoms with E-state index in [1.54, 1.807) is 6.92 Å². The molecule has 0 heterocycles. The van der Waals surface area contributed by atoms with Crippen molar-refractivity contribution in [3.63, 3.8) is 0 Å². The Labute approximate surface area is 564 Å². The number of carbonyl (C=O) groups excluding carboxylic acids is 5. The van der Waals surface area contributed by atoms with Crippen LogP contribution in [0.1, 0.15) is 258 Å². The summed E-state index contributed by atoms with van der Waals surface area (Å²) in [6.07, 6.45) is 41.8. The van der Waals surface area contributed by atoms with E-state index in [0.717, 1.165) is 109 Å². The summed E-state index contributed by atoms with van der Waals surface area (Å²) in [5.41, 5.74) is -4.96. The Morgan fingerprint density at radius 2 is 0.915 bits per heavy atom. The molecule has 0 aromatic heterocycles. The Balaban J connectivity index is 0.000000151. The Hall–Kier alpha value is -4.15. The van der Waals surface area contributed by atoms with Crippen LogP contribution in [0.4, 0.5) is 0 Å². The first-order valence-electron chi connectivity index (χ1n) is 36.6.